The SMILES string of the molecule is O=C1C2CSCN2C(=O)N1CC[NH+]1CC[NH+](c2cccc(C(F)(F)F)c2)CC1.[Cl-].[Cl-]. The van der Waals surface area contributed by atoms with Gasteiger partial charge in [-0.25, -0.2) is 4.79 Å². The Bertz CT molecular complexity index is 756. The van der Waals surface area contributed by atoms with E-state index >= 15 is 0 Å². The van der Waals surface area contributed by atoms with Gasteiger partial charge in [-0.15, -0.1) is 11.8 Å². The Kier molecular flexibility index (Phi) is 8.31. The van der Waals surface area contributed by atoms with Crippen molar-refractivity contribution in [3.63, 3.8) is 0 Å². The standard InChI is InChI=1S/C18H21F3N4O2S.2ClH/c19-18(20,21)13-2-1-3-14(10-13)23-7-4-22(5-8-23)6-9-24-16(26)15-11-28-12-25(15)17(24)27;;/h1-3,10,15H,4-9,11-12H2;2*1H. The second kappa shape index (κ2) is 9.95. The maximum absolute atomic E-state index is 12.9. The van der Waals surface area contributed by atoms with Crippen LogP contribution in [0.5, 0.6) is 0 Å². The van der Waals surface area contributed by atoms with Crippen LogP contribution in [0.4, 0.5) is 23.7 Å². The van der Waals surface area contributed by atoms with E-state index in [2.05, 4.69) is 0 Å². The highest BCUT2D eigenvalue weighted by Gasteiger charge is 2.48. The van der Waals surface area contributed by atoms with Crippen LogP contribution in [-0.2, 0) is 11.0 Å². The van der Waals surface area contributed by atoms with Crippen LogP contribution in [0.25, 0.3) is 0 Å². The van der Waals surface area contributed by atoms with E-state index in [9.17, 15) is 22.8 Å². The van der Waals surface area contributed by atoms with Crippen molar-refractivity contribution in [3.8, 4) is 0 Å². The van der Waals surface area contributed by atoms with Gasteiger partial charge < -0.3 is 34.6 Å². The third kappa shape index (κ3) is 4.99. The van der Waals surface area contributed by atoms with Crippen molar-refractivity contribution in [3.05, 3.63) is 29.8 Å². The normalized spacial score (nSPS) is 26.3. The van der Waals surface area contributed by atoms with Gasteiger partial charge in [0.05, 0.1) is 24.5 Å². The predicted octanol–water partition coefficient (Wildman–Crippen LogP) is -6.53. The van der Waals surface area contributed by atoms with Gasteiger partial charge in [0, 0.05) is 11.8 Å². The van der Waals surface area contributed by atoms with Crippen LogP contribution in [0.3, 0.4) is 0 Å². The van der Waals surface area contributed by atoms with Gasteiger partial charge in [-0.2, -0.15) is 13.2 Å². The van der Waals surface area contributed by atoms with Gasteiger partial charge in [0.2, 0.25) is 0 Å². The number of benzene rings is 1. The maximum atomic E-state index is 12.9. The van der Waals surface area contributed by atoms with E-state index in [1.165, 1.54) is 21.9 Å². The van der Waals surface area contributed by atoms with Crippen LogP contribution in [0.1, 0.15) is 5.56 Å². The Labute approximate surface area is 189 Å². The third-order valence-corrected chi connectivity index (χ3v) is 6.77. The van der Waals surface area contributed by atoms with E-state index in [0.717, 1.165) is 37.1 Å². The second-order valence-corrected chi connectivity index (χ2v) is 8.44. The van der Waals surface area contributed by atoms with Crippen molar-refractivity contribution in [2.45, 2.75) is 12.2 Å². The molecule has 1 unspecified atom stereocenters. The minimum Gasteiger partial charge on any atom is -1.00 e. The van der Waals surface area contributed by atoms with E-state index in [-0.39, 0.29) is 42.8 Å². The zero-order valence-electron chi connectivity index (χ0n) is 16.1. The highest BCUT2D eigenvalue weighted by molar-refractivity contribution is 7.99. The molecule has 1 aromatic rings. The summed E-state index contributed by atoms with van der Waals surface area (Å²) in [6.07, 6.45) is -4.33. The first-order chi connectivity index (χ1) is 13.3. The van der Waals surface area contributed by atoms with Gasteiger partial charge in [-0.3, -0.25) is 14.6 Å². The van der Waals surface area contributed by atoms with Crippen LogP contribution in [0.15, 0.2) is 24.3 Å². The van der Waals surface area contributed by atoms with E-state index in [0.29, 0.717) is 30.4 Å². The lowest BCUT2D eigenvalue weighted by Crippen LogP contribution is -3.26. The summed E-state index contributed by atoms with van der Waals surface area (Å²) in [6.45, 7) is 4.13. The fourth-order valence-electron chi connectivity index (χ4n) is 4.10. The largest absolute Gasteiger partial charge is 1.00 e. The number of thioether (sulfide) groups is 1. The number of hydrogen-bond donors (Lipinski definition) is 2. The minimum atomic E-state index is -4.33. The smallest absolute Gasteiger partial charge is 0.416 e. The molecule has 4 rings (SSSR count). The average molecular weight is 487 g/mol. The van der Waals surface area contributed by atoms with Crippen LogP contribution in [0.2, 0.25) is 0 Å². The van der Waals surface area contributed by atoms with Gasteiger partial charge >= 0.3 is 12.2 Å². The number of nitrogens with one attached hydrogen (secondary N) is 2. The molecule has 0 saturated carbocycles. The first-order valence-electron chi connectivity index (χ1n) is 9.40. The lowest BCUT2D eigenvalue weighted by molar-refractivity contribution is -0.986. The molecule has 0 bridgehead atoms. The monoisotopic (exact) mass is 486 g/mol. The molecule has 1 aromatic carbocycles. The zero-order valence-corrected chi connectivity index (χ0v) is 18.4. The average Bonchev–Trinajstić information content (AvgIpc) is 3.25. The number of urea groups is 1. The number of halogens is 5. The lowest BCUT2D eigenvalue weighted by Gasteiger charge is -2.30. The molecule has 12 heteroatoms. The lowest BCUT2D eigenvalue weighted by atomic mass is 10.1. The number of piperazine rings is 1. The van der Waals surface area contributed by atoms with Gasteiger partial charge in [0.1, 0.15) is 37.9 Å². The Hall–Kier alpha value is -1.20. The molecule has 3 saturated heterocycles. The number of alkyl halides is 3. The summed E-state index contributed by atoms with van der Waals surface area (Å²) in [5.74, 6) is 1.16. The quantitative estimate of drug-likeness (QED) is 0.416. The number of rotatable bonds is 4. The second-order valence-electron chi connectivity index (χ2n) is 7.44. The minimum absolute atomic E-state index is 0. The molecule has 0 aliphatic carbocycles. The van der Waals surface area contributed by atoms with E-state index in [1.807, 2.05) is 0 Å². The Morgan fingerprint density at radius 1 is 1.10 bits per heavy atom. The topological polar surface area (TPSA) is 49.5 Å². The molecular weight excluding hydrogens is 464 g/mol. The van der Waals surface area contributed by atoms with Gasteiger partial charge in [0.15, 0.2) is 0 Å². The maximum Gasteiger partial charge on any atom is 0.416 e. The molecule has 0 radical (unpaired) electrons. The number of imide groups is 1. The van der Waals surface area contributed by atoms with Crippen molar-refractivity contribution < 1.29 is 57.4 Å². The molecule has 3 aliphatic heterocycles. The van der Waals surface area contributed by atoms with Crippen LogP contribution in [0, 0.1) is 0 Å². The first kappa shape index (κ1) is 25.1. The van der Waals surface area contributed by atoms with Gasteiger partial charge in [-0.1, -0.05) is 6.07 Å². The van der Waals surface area contributed by atoms with Gasteiger partial charge in [-0.05, 0) is 12.1 Å². The summed E-state index contributed by atoms with van der Waals surface area (Å²) in [4.78, 5) is 30.0. The summed E-state index contributed by atoms with van der Waals surface area (Å²) >= 11 is 1.60. The van der Waals surface area contributed by atoms with Crippen molar-refractivity contribution in [2.75, 3.05) is 50.9 Å². The molecule has 0 aromatic heterocycles. The summed E-state index contributed by atoms with van der Waals surface area (Å²) in [5.41, 5.74) is 0.0499. The number of carbonyl (C=O) groups is 2. The Morgan fingerprint density at radius 3 is 2.43 bits per heavy atom. The van der Waals surface area contributed by atoms with Crippen molar-refractivity contribution in [1.82, 2.24) is 9.80 Å². The first-order valence-corrected chi connectivity index (χ1v) is 10.6. The summed E-state index contributed by atoms with van der Waals surface area (Å²) in [5, 5.41) is 0. The highest BCUT2D eigenvalue weighted by atomic mass is 35.5. The molecule has 6 nitrogen and oxygen atoms in total. The number of quaternary nitrogens is 2. The molecule has 3 heterocycles. The molecule has 2 N–H and O–H groups in total. The zero-order chi connectivity index (χ0) is 19.9. The van der Waals surface area contributed by atoms with Crippen molar-refractivity contribution in [1.29, 1.82) is 0 Å². The summed E-state index contributed by atoms with van der Waals surface area (Å²) < 4.78 is 38.7. The third-order valence-electron chi connectivity index (χ3n) is 5.76. The molecule has 0 spiro atoms. The van der Waals surface area contributed by atoms with Crippen LogP contribution in [-0.4, -0.2) is 78.7 Å². The number of fused-ring (bicyclic) bond motifs is 1. The van der Waals surface area contributed by atoms with Crippen LogP contribution >= 0.6 is 11.8 Å². The fourth-order valence-corrected chi connectivity index (χ4v) is 5.24. The van der Waals surface area contributed by atoms with Crippen molar-refractivity contribution in [2.24, 2.45) is 0 Å². The number of carbonyl (C=O) groups excluding carboxylic acids is 2. The summed E-state index contributed by atoms with van der Waals surface area (Å²) in [7, 11) is 0. The van der Waals surface area contributed by atoms with E-state index < -0.39 is 11.7 Å². The molecule has 168 valence electrons. The van der Waals surface area contributed by atoms with E-state index in [4.69, 9.17) is 0 Å². The molecule has 30 heavy (non-hydrogen) atoms. The van der Waals surface area contributed by atoms with Crippen molar-refractivity contribution >= 4 is 29.4 Å². The summed E-state index contributed by atoms with van der Waals surface area (Å²) in [6, 6.07) is 5.04. The van der Waals surface area contributed by atoms with Gasteiger partial charge in [0.25, 0.3) is 5.91 Å². The highest BCUT2D eigenvalue weighted by Crippen LogP contribution is 2.30. The Morgan fingerprint density at radius 2 is 1.80 bits per heavy atom. The van der Waals surface area contributed by atoms with E-state index in [1.54, 1.807) is 22.7 Å². The number of hydrogen-bond acceptors (Lipinski definition) is 3. The molecule has 1 atom stereocenters. The molecular formula is C18H23Cl2F3N4O2S. The number of amides is 3. The molecule has 3 fully saturated rings. The molecule has 3 amide bonds. The Balaban J connectivity index is 0.00000160. The molecule has 3 aliphatic rings. The number of nitrogens with zero attached hydrogens (tertiary/aromatic N) is 2. The predicted molar refractivity (Wildman–Crippen MR) is 97.4 cm³/mol. The van der Waals surface area contributed by atoms with Crippen LogP contribution < -0.4 is 34.6 Å². The fraction of sp³-hybridized carbons (Fsp3) is 0.556.